The molecule has 2 heterocycles. The molecule has 0 saturated carbocycles. The van der Waals surface area contributed by atoms with Crippen molar-refractivity contribution in [1.82, 2.24) is 9.97 Å². The average Bonchev–Trinajstić information content (AvgIpc) is 2.49. The third-order valence-electron chi connectivity index (χ3n) is 2.91. The van der Waals surface area contributed by atoms with Crippen LogP contribution in [-0.2, 0) is 0 Å². The maximum Gasteiger partial charge on any atom is 0.124 e. The van der Waals surface area contributed by atoms with E-state index in [9.17, 15) is 5.11 Å². The highest BCUT2D eigenvalue weighted by Crippen LogP contribution is 2.28. The van der Waals surface area contributed by atoms with Gasteiger partial charge in [0.1, 0.15) is 5.75 Å². The minimum atomic E-state index is 0.238. The number of para-hydroxylation sites is 1. The lowest BCUT2D eigenvalue weighted by Crippen LogP contribution is -1.88. The van der Waals surface area contributed by atoms with E-state index in [1.807, 2.05) is 42.5 Å². The largest absolute Gasteiger partial charge is 0.507 e. The second kappa shape index (κ2) is 4.90. The summed E-state index contributed by atoms with van der Waals surface area (Å²) in [5.74, 6) is 0.238. The summed E-state index contributed by atoms with van der Waals surface area (Å²) in [6.07, 6.45) is 3.48. The molecule has 1 N–H and O–H groups in total. The summed E-state index contributed by atoms with van der Waals surface area (Å²) in [7, 11) is 0. The van der Waals surface area contributed by atoms with E-state index < -0.39 is 0 Å². The van der Waals surface area contributed by atoms with Crippen LogP contribution in [0.4, 0.5) is 0 Å². The minimum absolute atomic E-state index is 0.238. The molecule has 0 aliphatic heterocycles. The molecule has 1 aromatic carbocycles. The van der Waals surface area contributed by atoms with Gasteiger partial charge >= 0.3 is 0 Å². The van der Waals surface area contributed by atoms with Crippen molar-refractivity contribution in [1.29, 1.82) is 0 Å². The number of phenols is 1. The molecule has 3 nitrogen and oxygen atoms in total. The van der Waals surface area contributed by atoms with Crippen LogP contribution in [0, 0.1) is 0 Å². The number of hydrogen-bond donors (Lipinski definition) is 1. The van der Waals surface area contributed by atoms with Gasteiger partial charge in [0.15, 0.2) is 0 Å². The van der Waals surface area contributed by atoms with Crippen molar-refractivity contribution in [3.63, 3.8) is 0 Å². The van der Waals surface area contributed by atoms with Crippen molar-refractivity contribution in [3.8, 4) is 28.3 Å². The Morgan fingerprint density at radius 1 is 0.737 bits per heavy atom. The SMILES string of the molecule is Oc1ccccc1-c1cccc(-c2ccncc2)n1. The molecule has 3 heteroatoms. The molecular weight excluding hydrogens is 236 g/mol. The summed E-state index contributed by atoms with van der Waals surface area (Å²) >= 11 is 0. The van der Waals surface area contributed by atoms with Gasteiger partial charge in [-0.3, -0.25) is 4.98 Å². The lowest BCUT2D eigenvalue weighted by Gasteiger charge is -2.06. The van der Waals surface area contributed by atoms with Gasteiger partial charge in [0.05, 0.1) is 11.4 Å². The first kappa shape index (κ1) is 11.4. The van der Waals surface area contributed by atoms with E-state index in [1.54, 1.807) is 24.5 Å². The van der Waals surface area contributed by atoms with Gasteiger partial charge in [-0.25, -0.2) is 4.98 Å². The van der Waals surface area contributed by atoms with E-state index in [1.165, 1.54) is 0 Å². The first-order chi connectivity index (χ1) is 9.34. The minimum Gasteiger partial charge on any atom is -0.507 e. The number of hydrogen-bond acceptors (Lipinski definition) is 3. The standard InChI is InChI=1S/C16H12N2O/c19-16-7-2-1-4-13(16)15-6-3-5-14(18-15)12-8-10-17-11-9-12/h1-11,19H. The molecule has 0 fully saturated rings. The van der Waals surface area contributed by atoms with Crippen molar-refractivity contribution in [2.45, 2.75) is 0 Å². The van der Waals surface area contributed by atoms with Crippen LogP contribution in [0.5, 0.6) is 5.75 Å². The van der Waals surface area contributed by atoms with Crippen LogP contribution in [-0.4, -0.2) is 15.1 Å². The van der Waals surface area contributed by atoms with Crippen molar-refractivity contribution in [3.05, 3.63) is 67.0 Å². The van der Waals surface area contributed by atoms with E-state index in [2.05, 4.69) is 9.97 Å². The van der Waals surface area contributed by atoms with Crippen molar-refractivity contribution >= 4 is 0 Å². The van der Waals surface area contributed by atoms with Crippen molar-refractivity contribution in [2.24, 2.45) is 0 Å². The first-order valence-electron chi connectivity index (χ1n) is 6.00. The van der Waals surface area contributed by atoms with Crippen LogP contribution in [0.25, 0.3) is 22.5 Å². The number of aromatic nitrogens is 2. The zero-order valence-electron chi connectivity index (χ0n) is 10.2. The number of rotatable bonds is 2. The van der Waals surface area contributed by atoms with E-state index in [-0.39, 0.29) is 5.75 Å². The molecule has 3 aromatic rings. The van der Waals surface area contributed by atoms with E-state index in [0.717, 1.165) is 22.5 Å². The molecule has 0 amide bonds. The molecule has 3 rings (SSSR count). The molecule has 0 atom stereocenters. The lowest BCUT2D eigenvalue weighted by molar-refractivity contribution is 0.477. The summed E-state index contributed by atoms with van der Waals surface area (Å²) in [5, 5.41) is 9.88. The van der Waals surface area contributed by atoms with Crippen LogP contribution in [0.1, 0.15) is 0 Å². The second-order valence-electron chi connectivity index (χ2n) is 4.16. The zero-order chi connectivity index (χ0) is 13.1. The predicted molar refractivity (Wildman–Crippen MR) is 74.6 cm³/mol. The van der Waals surface area contributed by atoms with Gasteiger partial charge < -0.3 is 5.11 Å². The Morgan fingerprint density at radius 2 is 1.47 bits per heavy atom. The quantitative estimate of drug-likeness (QED) is 0.754. The molecule has 0 aliphatic rings. The van der Waals surface area contributed by atoms with Gasteiger partial charge in [-0.2, -0.15) is 0 Å². The zero-order valence-corrected chi connectivity index (χ0v) is 10.2. The number of benzene rings is 1. The smallest absolute Gasteiger partial charge is 0.124 e. The fourth-order valence-electron chi connectivity index (χ4n) is 1.96. The van der Waals surface area contributed by atoms with Gasteiger partial charge in [0, 0.05) is 23.5 Å². The summed E-state index contributed by atoms with van der Waals surface area (Å²) in [4.78, 5) is 8.58. The first-order valence-corrected chi connectivity index (χ1v) is 6.00. The number of pyridine rings is 2. The van der Waals surface area contributed by atoms with Crippen LogP contribution in [0.3, 0.4) is 0 Å². The van der Waals surface area contributed by atoms with Crippen LogP contribution in [0.15, 0.2) is 67.0 Å². The predicted octanol–water partition coefficient (Wildman–Crippen LogP) is 3.52. The Labute approximate surface area is 111 Å². The van der Waals surface area contributed by atoms with Gasteiger partial charge in [-0.05, 0) is 36.4 Å². The van der Waals surface area contributed by atoms with E-state index in [0.29, 0.717) is 0 Å². The monoisotopic (exact) mass is 248 g/mol. The molecule has 0 aliphatic carbocycles. The maximum atomic E-state index is 9.88. The maximum absolute atomic E-state index is 9.88. The molecule has 19 heavy (non-hydrogen) atoms. The molecule has 0 spiro atoms. The molecule has 2 aromatic heterocycles. The Hall–Kier alpha value is -2.68. The average molecular weight is 248 g/mol. The fourth-order valence-corrected chi connectivity index (χ4v) is 1.96. The Balaban J connectivity index is 2.09. The van der Waals surface area contributed by atoms with Crippen molar-refractivity contribution in [2.75, 3.05) is 0 Å². The number of aromatic hydroxyl groups is 1. The topological polar surface area (TPSA) is 46.0 Å². The molecule has 0 saturated heterocycles. The Morgan fingerprint density at radius 3 is 2.26 bits per heavy atom. The second-order valence-corrected chi connectivity index (χ2v) is 4.16. The lowest BCUT2D eigenvalue weighted by atomic mass is 10.1. The van der Waals surface area contributed by atoms with Gasteiger partial charge in [-0.1, -0.05) is 18.2 Å². The summed E-state index contributed by atoms with van der Waals surface area (Å²) in [6, 6.07) is 16.8. The van der Waals surface area contributed by atoms with E-state index in [4.69, 9.17) is 0 Å². The fraction of sp³-hybridized carbons (Fsp3) is 0. The highest BCUT2D eigenvalue weighted by atomic mass is 16.3. The van der Waals surface area contributed by atoms with Gasteiger partial charge in [0.25, 0.3) is 0 Å². The molecule has 0 radical (unpaired) electrons. The Bertz CT molecular complexity index is 696. The molecule has 0 unspecified atom stereocenters. The summed E-state index contributed by atoms with van der Waals surface area (Å²) in [5.41, 5.74) is 3.36. The highest BCUT2D eigenvalue weighted by Gasteiger charge is 2.06. The molecule has 92 valence electrons. The van der Waals surface area contributed by atoms with E-state index >= 15 is 0 Å². The normalized spacial score (nSPS) is 10.3. The third-order valence-corrected chi connectivity index (χ3v) is 2.91. The number of phenolic OH excluding ortho intramolecular Hbond substituents is 1. The van der Waals surface area contributed by atoms with Gasteiger partial charge in [0.2, 0.25) is 0 Å². The molecule has 0 bridgehead atoms. The van der Waals surface area contributed by atoms with Crippen LogP contribution in [0.2, 0.25) is 0 Å². The summed E-state index contributed by atoms with van der Waals surface area (Å²) in [6.45, 7) is 0. The molecular formula is C16H12N2O. The van der Waals surface area contributed by atoms with Crippen molar-refractivity contribution < 1.29 is 5.11 Å². The third kappa shape index (κ3) is 2.31. The summed E-state index contributed by atoms with van der Waals surface area (Å²) < 4.78 is 0. The van der Waals surface area contributed by atoms with Crippen LogP contribution < -0.4 is 0 Å². The highest BCUT2D eigenvalue weighted by molar-refractivity contribution is 5.69. The Kier molecular flexibility index (Phi) is 2.94. The van der Waals surface area contributed by atoms with Gasteiger partial charge in [-0.15, -0.1) is 0 Å². The number of nitrogens with zero attached hydrogens (tertiary/aromatic N) is 2. The van der Waals surface area contributed by atoms with Crippen LogP contribution >= 0.6 is 0 Å².